The summed E-state index contributed by atoms with van der Waals surface area (Å²) in [6, 6.07) is 20.4. The number of amides is 2. The van der Waals surface area contributed by atoms with Gasteiger partial charge in [-0.2, -0.15) is 0 Å². The molecule has 6 nitrogen and oxygen atoms in total. The quantitative estimate of drug-likeness (QED) is 0.653. The van der Waals surface area contributed by atoms with Gasteiger partial charge in [-0.15, -0.1) is 0 Å². The highest BCUT2D eigenvalue weighted by Crippen LogP contribution is 2.36. The lowest BCUT2D eigenvalue weighted by Gasteiger charge is -2.36. The molecule has 4 rings (SSSR count). The number of hydrogen-bond acceptors (Lipinski definition) is 4. The molecule has 3 aromatic rings. The van der Waals surface area contributed by atoms with E-state index in [9.17, 15) is 9.59 Å². The second kappa shape index (κ2) is 8.97. The molecule has 1 aromatic heterocycles. The Morgan fingerprint density at radius 3 is 2.37 bits per heavy atom. The maximum Gasteiger partial charge on any atom is 0.253 e. The van der Waals surface area contributed by atoms with E-state index in [1.54, 1.807) is 42.7 Å². The van der Waals surface area contributed by atoms with Crippen molar-refractivity contribution in [3.63, 3.8) is 0 Å². The zero-order chi connectivity index (χ0) is 20.8. The molecule has 0 radical (unpaired) electrons. The van der Waals surface area contributed by atoms with Gasteiger partial charge in [-0.3, -0.25) is 9.59 Å². The number of para-hydroxylation sites is 1. The number of carbonyl (C=O) groups is 2. The summed E-state index contributed by atoms with van der Waals surface area (Å²) in [4.78, 5) is 26.2. The van der Waals surface area contributed by atoms with Crippen molar-refractivity contribution in [1.82, 2.24) is 5.32 Å². The molecule has 2 amide bonds. The van der Waals surface area contributed by atoms with Crippen molar-refractivity contribution >= 4 is 17.5 Å². The van der Waals surface area contributed by atoms with E-state index in [2.05, 4.69) is 10.6 Å². The highest BCUT2D eigenvalue weighted by atomic mass is 16.5. The highest BCUT2D eigenvalue weighted by molar-refractivity contribution is 6.06. The molecule has 30 heavy (non-hydrogen) atoms. The van der Waals surface area contributed by atoms with Crippen LogP contribution in [-0.2, 0) is 21.5 Å². The van der Waals surface area contributed by atoms with Crippen LogP contribution in [0.4, 0.5) is 5.69 Å². The monoisotopic (exact) mass is 404 g/mol. The molecule has 2 N–H and O–H groups in total. The highest BCUT2D eigenvalue weighted by Gasteiger charge is 2.41. The number of furan rings is 1. The Kier molecular flexibility index (Phi) is 5.95. The smallest absolute Gasteiger partial charge is 0.253 e. The topological polar surface area (TPSA) is 80.6 Å². The number of rotatable bonds is 6. The van der Waals surface area contributed by atoms with Gasteiger partial charge in [0.05, 0.1) is 29.5 Å². The van der Waals surface area contributed by atoms with Crippen molar-refractivity contribution in [2.75, 3.05) is 18.5 Å². The lowest BCUT2D eigenvalue weighted by atomic mass is 9.73. The predicted molar refractivity (Wildman–Crippen MR) is 113 cm³/mol. The third kappa shape index (κ3) is 4.14. The van der Waals surface area contributed by atoms with Crippen LogP contribution in [0.1, 0.15) is 34.5 Å². The second-order valence-electron chi connectivity index (χ2n) is 7.32. The second-order valence-corrected chi connectivity index (χ2v) is 7.32. The van der Waals surface area contributed by atoms with Crippen molar-refractivity contribution in [1.29, 1.82) is 0 Å². The molecule has 0 aliphatic carbocycles. The summed E-state index contributed by atoms with van der Waals surface area (Å²) in [6.45, 7) is 1.32. The number of hydrogen-bond donors (Lipinski definition) is 2. The number of anilines is 1. The first-order valence-electron chi connectivity index (χ1n) is 10.0. The van der Waals surface area contributed by atoms with Gasteiger partial charge in [0.2, 0.25) is 5.91 Å². The molecule has 154 valence electrons. The molecule has 6 heteroatoms. The molecule has 1 saturated heterocycles. The third-order valence-electron chi connectivity index (χ3n) is 5.53. The Bertz CT molecular complexity index is 993. The molecule has 1 fully saturated rings. The van der Waals surface area contributed by atoms with Gasteiger partial charge in [0.25, 0.3) is 5.91 Å². The SMILES string of the molecule is O=C(NCc1ccco1)c1ccccc1NC(=O)C1(c2ccccc2)CCOCC1. The van der Waals surface area contributed by atoms with Crippen LogP contribution in [-0.4, -0.2) is 25.0 Å². The van der Waals surface area contributed by atoms with Crippen molar-refractivity contribution in [2.24, 2.45) is 0 Å². The minimum atomic E-state index is -0.683. The molecule has 0 atom stereocenters. The summed E-state index contributed by atoms with van der Waals surface area (Å²) in [7, 11) is 0. The van der Waals surface area contributed by atoms with Crippen molar-refractivity contribution < 1.29 is 18.7 Å². The number of carbonyl (C=O) groups excluding carboxylic acids is 2. The Hall–Kier alpha value is -3.38. The molecule has 0 saturated carbocycles. The molecule has 2 heterocycles. The lowest BCUT2D eigenvalue weighted by molar-refractivity contribution is -0.125. The molecular formula is C24H24N2O4. The van der Waals surface area contributed by atoms with Crippen LogP contribution >= 0.6 is 0 Å². The summed E-state index contributed by atoms with van der Waals surface area (Å²) in [6.07, 6.45) is 2.75. The van der Waals surface area contributed by atoms with Crippen LogP contribution in [0.15, 0.2) is 77.4 Å². The average Bonchev–Trinajstić information content (AvgIpc) is 3.32. The summed E-state index contributed by atoms with van der Waals surface area (Å²) in [5, 5.41) is 5.85. The zero-order valence-electron chi connectivity index (χ0n) is 16.6. The van der Waals surface area contributed by atoms with Crippen molar-refractivity contribution in [3.05, 3.63) is 89.9 Å². The van der Waals surface area contributed by atoms with Crippen LogP contribution < -0.4 is 10.6 Å². The van der Waals surface area contributed by atoms with E-state index in [1.807, 2.05) is 30.3 Å². The average molecular weight is 404 g/mol. The van der Waals surface area contributed by atoms with Crippen LogP contribution in [0.2, 0.25) is 0 Å². The first kappa shape index (κ1) is 19.9. The van der Waals surface area contributed by atoms with E-state index in [0.29, 0.717) is 43.1 Å². The summed E-state index contributed by atoms with van der Waals surface area (Å²) in [5.41, 5.74) is 1.18. The van der Waals surface area contributed by atoms with Crippen molar-refractivity contribution in [3.8, 4) is 0 Å². The van der Waals surface area contributed by atoms with Crippen LogP contribution in [0.3, 0.4) is 0 Å². The van der Waals surface area contributed by atoms with E-state index in [-0.39, 0.29) is 18.4 Å². The van der Waals surface area contributed by atoms with E-state index in [1.165, 1.54) is 0 Å². The van der Waals surface area contributed by atoms with Gasteiger partial charge in [0.1, 0.15) is 5.76 Å². The van der Waals surface area contributed by atoms with E-state index in [4.69, 9.17) is 9.15 Å². The fraction of sp³-hybridized carbons (Fsp3) is 0.250. The molecular weight excluding hydrogens is 380 g/mol. The van der Waals surface area contributed by atoms with Gasteiger partial charge in [0.15, 0.2) is 0 Å². The Balaban J connectivity index is 1.56. The maximum atomic E-state index is 13.5. The summed E-state index contributed by atoms with van der Waals surface area (Å²) < 4.78 is 10.8. The largest absolute Gasteiger partial charge is 0.467 e. The molecule has 1 aliphatic heterocycles. The third-order valence-corrected chi connectivity index (χ3v) is 5.53. The van der Waals surface area contributed by atoms with E-state index < -0.39 is 5.41 Å². The maximum absolute atomic E-state index is 13.5. The number of nitrogens with one attached hydrogen (secondary N) is 2. The Morgan fingerprint density at radius 2 is 1.63 bits per heavy atom. The fourth-order valence-electron chi connectivity index (χ4n) is 3.83. The zero-order valence-corrected chi connectivity index (χ0v) is 16.6. The van der Waals surface area contributed by atoms with Gasteiger partial charge in [-0.25, -0.2) is 0 Å². The normalized spacial score (nSPS) is 15.3. The lowest BCUT2D eigenvalue weighted by Crippen LogP contribution is -2.45. The molecule has 0 spiro atoms. The van der Waals surface area contributed by atoms with Crippen molar-refractivity contribution in [2.45, 2.75) is 24.8 Å². The van der Waals surface area contributed by atoms with Crippen LogP contribution in [0, 0.1) is 0 Å². The van der Waals surface area contributed by atoms with Gasteiger partial charge < -0.3 is 19.8 Å². The van der Waals surface area contributed by atoms with E-state index >= 15 is 0 Å². The predicted octanol–water partition coefficient (Wildman–Crippen LogP) is 3.90. The Labute approximate surface area is 175 Å². The molecule has 1 aliphatic rings. The Morgan fingerprint density at radius 1 is 0.900 bits per heavy atom. The molecule has 0 unspecified atom stereocenters. The molecule has 2 aromatic carbocycles. The van der Waals surface area contributed by atoms with E-state index in [0.717, 1.165) is 5.56 Å². The van der Waals surface area contributed by atoms with Crippen LogP contribution in [0.25, 0.3) is 0 Å². The first-order chi connectivity index (χ1) is 14.7. The van der Waals surface area contributed by atoms with Gasteiger partial charge in [0, 0.05) is 13.2 Å². The number of benzene rings is 2. The summed E-state index contributed by atoms with van der Waals surface area (Å²) in [5.74, 6) is 0.265. The first-order valence-corrected chi connectivity index (χ1v) is 10.0. The van der Waals surface area contributed by atoms with Crippen LogP contribution in [0.5, 0.6) is 0 Å². The minimum Gasteiger partial charge on any atom is -0.467 e. The minimum absolute atomic E-state index is 0.122. The number of ether oxygens (including phenoxy) is 1. The van der Waals surface area contributed by atoms with Gasteiger partial charge in [-0.05, 0) is 42.7 Å². The molecule has 0 bridgehead atoms. The fourth-order valence-corrected chi connectivity index (χ4v) is 3.83. The van der Waals surface area contributed by atoms with Gasteiger partial charge in [-0.1, -0.05) is 42.5 Å². The van der Waals surface area contributed by atoms with Gasteiger partial charge >= 0.3 is 0 Å². The summed E-state index contributed by atoms with van der Waals surface area (Å²) >= 11 is 0. The standard InChI is InChI=1S/C24H24N2O4/c27-22(25-17-19-9-6-14-30-19)20-10-4-5-11-21(20)26-23(28)24(12-15-29-16-13-24)18-7-2-1-3-8-18/h1-11,14H,12-13,15-17H2,(H,25,27)(H,26,28).